The topological polar surface area (TPSA) is 0 Å². The molecule has 41 heavy (non-hydrogen) atoms. The summed E-state index contributed by atoms with van der Waals surface area (Å²) in [5, 5.41) is 0. The van der Waals surface area contributed by atoms with E-state index in [1.165, 1.54) is 68.5 Å². The first-order valence-electron chi connectivity index (χ1n) is 15.5. The maximum atomic E-state index is 2.60. The number of hydrogen-bond donors (Lipinski definition) is 0. The van der Waals surface area contributed by atoms with Crippen molar-refractivity contribution in [2.24, 2.45) is 17.3 Å². The van der Waals surface area contributed by atoms with Gasteiger partial charge in [0.2, 0.25) is 0 Å². The van der Waals surface area contributed by atoms with E-state index < -0.39 is 0 Å². The van der Waals surface area contributed by atoms with Crippen LogP contribution >= 0.6 is 0 Å². The molecule has 2 aliphatic rings. The number of hydrogen-bond acceptors (Lipinski definition) is 0. The van der Waals surface area contributed by atoms with Gasteiger partial charge in [-0.1, -0.05) is 147 Å². The Balaban J connectivity index is 1.49. The van der Waals surface area contributed by atoms with Crippen molar-refractivity contribution in [3.8, 4) is 22.3 Å². The molecule has 0 unspecified atom stereocenters. The zero-order valence-corrected chi connectivity index (χ0v) is 25.7. The van der Waals surface area contributed by atoms with Crippen LogP contribution in [0, 0.1) is 31.1 Å². The van der Waals surface area contributed by atoms with Crippen molar-refractivity contribution in [1.29, 1.82) is 0 Å². The molecule has 0 radical (unpaired) electrons. The summed E-state index contributed by atoms with van der Waals surface area (Å²) >= 11 is 0. The molecular formula is C41H44. The molecule has 2 aliphatic carbocycles. The summed E-state index contributed by atoms with van der Waals surface area (Å²) in [6, 6.07) is 32.0. The standard InChI is InChI=1S/C41H44/c1-27(2)25-41(26-28(3)4,35-21-33-9-7-11-37(39(33)23-35)31-17-13-29(5)14-18-31)36-22-34-10-8-12-38(40(34)24-36)32-19-15-30(6)16-20-32/h7-20,23-24,27-28H,21-22,25-26H2,1-6H3. The predicted octanol–water partition coefficient (Wildman–Crippen LogP) is 11.3. The van der Waals surface area contributed by atoms with Gasteiger partial charge in [0, 0.05) is 5.41 Å². The molecule has 0 amide bonds. The highest BCUT2D eigenvalue weighted by atomic mass is 14.5. The van der Waals surface area contributed by atoms with Crippen LogP contribution in [0.25, 0.3) is 34.4 Å². The number of allylic oxidation sites excluding steroid dienone is 2. The molecule has 0 aliphatic heterocycles. The molecule has 4 aromatic rings. The molecule has 6 rings (SSSR count). The van der Waals surface area contributed by atoms with Crippen LogP contribution in [0.5, 0.6) is 0 Å². The summed E-state index contributed by atoms with van der Waals surface area (Å²) in [4.78, 5) is 0. The van der Waals surface area contributed by atoms with Crippen molar-refractivity contribution in [2.75, 3.05) is 0 Å². The van der Waals surface area contributed by atoms with Gasteiger partial charge in [-0.3, -0.25) is 0 Å². The fourth-order valence-corrected chi connectivity index (χ4v) is 7.53. The van der Waals surface area contributed by atoms with Crippen LogP contribution in [0.2, 0.25) is 0 Å². The van der Waals surface area contributed by atoms with Gasteiger partial charge < -0.3 is 0 Å². The third-order valence-electron chi connectivity index (χ3n) is 9.26. The summed E-state index contributed by atoms with van der Waals surface area (Å²) in [5.41, 5.74) is 17.1. The fraction of sp³-hybridized carbons (Fsp3) is 0.317. The highest BCUT2D eigenvalue weighted by Crippen LogP contribution is 2.55. The SMILES string of the molecule is Cc1ccc(-c2cccc3c2C=C(C(CC(C)C)(CC(C)C)C2=Cc4c(cccc4-c4ccc(C)cc4)C2)C3)cc1. The fourth-order valence-electron chi connectivity index (χ4n) is 7.53. The number of fused-ring (bicyclic) bond motifs is 2. The average molecular weight is 537 g/mol. The van der Waals surface area contributed by atoms with Crippen molar-refractivity contribution >= 4 is 12.2 Å². The van der Waals surface area contributed by atoms with Gasteiger partial charge in [0.05, 0.1) is 0 Å². The number of benzene rings is 4. The van der Waals surface area contributed by atoms with Crippen molar-refractivity contribution in [3.63, 3.8) is 0 Å². The van der Waals surface area contributed by atoms with Gasteiger partial charge in [0.15, 0.2) is 0 Å². The van der Waals surface area contributed by atoms with E-state index in [9.17, 15) is 0 Å². The van der Waals surface area contributed by atoms with Gasteiger partial charge in [0.1, 0.15) is 0 Å². The molecule has 0 heteroatoms. The van der Waals surface area contributed by atoms with Gasteiger partial charge >= 0.3 is 0 Å². The van der Waals surface area contributed by atoms with E-state index in [1.54, 1.807) is 11.1 Å². The van der Waals surface area contributed by atoms with Crippen LogP contribution in [0.15, 0.2) is 96.1 Å². The lowest BCUT2D eigenvalue weighted by Gasteiger charge is -2.40. The molecule has 0 atom stereocenters. The monoisotopic (exact) mass is 536 g/mol. The van der Waals surface area contributed by atoms with Crippen LogP contribution in [-0.4, -0.2) is 0 Å². The first-order chi connectivity index (χ1) is 19.7. The Hall–Kier alpha value is -3.64. The minimum Gasteiger partial charge on any atom is -0.0627 e. The Labute approximate surface area is 247 Å². The second-order valence-corrected chi connectivity index (χ2v) is 13.5. The van der Waals surface area contributed by atoms with Gasteiger partial charge in [0.25, 0.3) is 0 Å². The van der Waals surface area contributed by atoms with Crippen molar-refractivity contribution in [3.05, 3.63) is 129 Å². The largest absolute Gasteiger partial charge is 0.0627 e. The normalized spacial score (nSPS) is 14.3. The quantitative estimate of drug-likeness (QED) is 0.210. The van der Waals surface area contributed by atoms with E-state index in [4.69, 9.17) is 0 Å². The summed E-state index contributed by atoms with van der Waals surface area (Å²) in [7, 11) is 0. The van der Waals surface area contributed by atoms with E-state index in [1.807, 2.05) is 0 Å². The van der Waals surface area contributed by atoms with Gasteiger partial charge in [-0.15, -0.1) is 0 Å². The lowest BCUT2D eigenvalue weighted by molar-refractivity contribution is 0.273. The first-order valence-corrected chi connectivity index (χ1v) is 15.5. The molecule has 208 valence electrons. The summed E-state index contributed by atoms with van der Waals surface area (Å²) in [5.74, 6) is 1.22. The minimum atomic E-state index is 0.0511. The molecular weight excluding hydrogens is 492 g/mol. The maximum absolute atomic E-state index is 2.60. The predicted molar refractivity (Wildman–Crippen MR) is 178 cm³/mol. The third kappa shape index (κ3) is 5.26. The third-order valence-corrected chi connectivity index (χ3v) is 9.26. The van der Waals surface area contributed by atoms with Crippen LogP contribution < -0.4 is 0 Å². The Bertz CT molecular complexity index is 1500. The van der Waals surface area contributed by atoms with E-state index in [-0.39, 0.29) is 5.41 Å². The maximum Gasteiger partial charge on any atom is 0.0139 e. The molecule has 0 saturated heterocycles. The van der Waals surface area contributed by atoms with E-state index >= 15 is 0 Å². The minimum absolute atomic E-state index is 0.0511. The van der Waals surface area contributed by atoms with Crippen LogP contribution in [0.1, 0.15) is 73.9 Å². The first kappa shape index (κ1) is 27.5. The Morgan fingerprint density at radius 2 is 0.927 bits per heavy atom. The van der Waals surface area contributed by atoms with Crippen LogP contribution in [-0.2, 0) is 12.8 Å². The highest BCUT2D eigenvalue weighted by Gasteiger charge is 2.42. The number of aryl methyl sites for hydroxylation is 2. The molecule has 0 N–H and O–H groups in total. The molecule has 0 fully saturated rings. The summed E-state index contributed by atoms with van der Waals surface area (Å²) in [6.07, 6.45) is 9.66. The van der Waals surface area contributed by atoms with E-state index in [0.29, 0.717) is 11.8 Å². The molecule has 4 aromatic carbocycles. The summed E-state index contributed by atoms with van der Waals surface area (Å²) < 4.78 is 0. The average Bonchev–Trinajstić information content (AvgIpc) is 3.58. The molecule has 0 aromatic heterocycles. The zero-order chi connectivity index (χ0) is 28.7. The Kier molecular flexibility index (Phi) is 7.37. The summed E-state index contributed by atoms with van der Waals surface area (Å²) in [6.45, 7) is 14.0. The van der Waals surface area contributed by atoms with Crippen molar-refractivity contribution < 1.29 is 0 Å². The highest BCUT2D eigenvalue weighted by molar-refractivity contribution is 5.84. The second kappa shape index (κ2) is 11.0. The van der Waals surface area contributed by atoms with Crippen molar-refractivity contribution in [2.45, 2.75) is 67.2 Å². The molecule has 0 heterocycles. The Morgan fingerprint density at radius 3 is 1.29 bits per heavy atom. The molecule has 0 saturated carbocycles. The van der Waals surface area contributed by atoms with Gasteiger partial charge in [-0.05, 0) is 95.9 Å². The van der Waals surface area contributed by atoms with Crippen molar-refractivity contribution in [1.82, 2.24) is 0 Å². The molecule has 0 spiro atoms. The lowest BCUT2D eigenvalue weighted by atomic mass is 9.63. The number of rotatable bonds is 8. The van der Waals surface area contributed by atoms with Gasteiger partial charge in [-0.2, -0.15) is 0 Å². The smallest absolute Gasteiger partial charge is 0.0139 e. The second-order valence-electron chi connectivity index (χ2n) is 13.5. The van der Waals surface area contributed by atoms with E-state index in [2.05, 4.69) is 139 Å². The van der Waals surface area contributed by atoms with Gasteiger partial charge in [-0.25, -0.2) is 0 Å². The Morgan fingerprint density at radius 1 is 0.537 bits per heavy atom. The molecule has 0 bridgehead atoms. The van der Waals surface area contributed by atoms with E-state index in [0.717, 1.165) is 12.8 Å². The lowest BCUT2D eigenvalue weighted by Crippen LogP contribution is -2.30. The zero-order valence-electron chi connectivity index (χ0n) is 25.7. The van der Waals surface area contributed by atoms with Crippen LogP contribution in [0.3, 0.4) is 0 Å². The van der Waals surface area contributed by atoms with Crippen LogP contribution in [0.4, 0.5) is 0 Å². The molecule has 0 nitrogen and oxygen atoms in total.